The van der Waals surface area contributed by atoms with Gasteiger partial charge in [0.25, 0.3) is 0 Å². The molecule has 0 aromatic heterocycles. The maximum atomic E-state index is 12.1. The molecule has 0 spiro atoms. The summed E-state index contributed by atoms with van der Waals surface area (Å²) in [6.07, 6.45) is 79.8. The molecule has 2 nitrogen and oxygen atoms in total. The lowest BCUT2D eigenvalue weighted by molar-refractivity contribution is -0.143. The van der Waals surface area contributed by atoms with Gasteiger partial charge in [0.2, 0.25) is 0 Å². The summed E-state index contributed by atoms with van der Waals surface area (Å²) in [6.45, 7) is 5.23. The Morgan fingerprint density at radius 3 is 0.694 bits per heavy atom. The van der Waals surface area contributed by atoms with Gasteiger partial charge in [0.15, 0.2) is 0 Å². The minimum Gasteiger partial charge on any atom is -0.466 e. The third-order valence-electron chi connectivity index (χ3n) is 13.9. The second-order valence-corrected chi connectivity index (χ2v) is 20.3. The number of carbonyl (C=O) groups is 1. The summed E-state index contributed by atoms with van der Waals surface area (Å²) < 4.78 is 5.51. The van der Waals surface area contributed by atoms with Crippen molar-refractivity contribution in [1.29, 1.82) is 0 Å². The molecule has 0 aliphatic heterocycles. The van der Waals surface area contributed by atoms with E-state index in [4.69, 9.17) is 4.74 Å². The Balaban J connectivity index is 3.15. The number of unbranched alkanes of at least 4 members (excludes halogenated alkanes) is 50. The van der Waals surface area contributed by atoms with Gasteiger partial charge in [0.1, 0.15) is 0 Å². The van der Waals surface area contributed by atoms with Gasteiger partial charge in [0.05, 0.1) is 6.61 Å². The van der Waals surface area contributed by atoms with Crippen LogP contribution in [-0.2, 0) is 9.53 Å². The average Bonchev–Trinajstić information content (AvgIpc) is 3.28. The van der Waals surface area contributed by atoms with Crippen LogP contribution in [0, 0.1) is 0 Å². The largest absolute Gasteiger partial charge is 0.466 e. The zero-order chi connectivity index (χ0) is 44.6. The minimum atomic E-state index is 0.0299. The molecule has 62 heavy (non-hydrogen) atoms. The van der Waals surface area contributed by atoms with Gasteiger partial charge < -0.3 is 4.74 Å². The van der Waals surface area contributed by atoms with Crippen LogP contribution in [0.25, 0.3) is 0 Å². The van der Waals surface area contributed by atoms with E-state index in [9.17, 15) is 4.79 Å². The lowest BCUT2D eigenvalue weighted by Crippen LogP contribution is -2.05. The monoisotopic (exact) mass is 871 g/mol. The molecule has 0 aromatic rings. The summed E-state index contributed by atoms with van der Waals surface area (Å²) in [5.41, 5.74) is 0. The zero-order valence-corrected chi connectivity index (χ0v) is 43.4. The van der Waals surface area contributed by atoms with Crippen LogP contribution in [0.4, 0.5) is 0 Å². The molecule has 0 atom stereocenters. The van der Waals surface area contributed by atoms with Crippen LogP contribution < -0.4 is 0 Å². The molecule has 0 bridgehead atoms. The van der Waals surface area contributed by atoms with Crippen molar-refractivity contribution in [2.45, 2.75) is 361 Å². The number of carbonyl (C=O) groups excluding carboxylic acids is 1. The maximum absolute atomic E-state index is 12.1. The highest BCUT2D eigenvalue weighted by Gasteiger charge is 2.03. The van der Waals surface area contributed by atoms with Gasteiger partial charge in [-0.15, -0.1) is 0 Å². The van der Waals surface area contributed by atoms with Gasteiger partial charge in [0, 0.05) is 6.42 Å². The van der Waals surface area contributed by atoms with Crippen LogP contribution >= 0.6 is 0 Å². The molecule has 0 rings (SSSR count). The molecule has 0 aliphatic carbocycles. The number of hydrogen-bond acceptors (Lipinski definition) is 2. The fourth-order valence-electron chi connectivity index (χ4n) is 9.49. The van der Waals surface area contributed by atoms with E-state index < -0.39 is 0 Å². The SMILES string of the molecule is CCCCCCCCC=CCCCCCCCCCCCC(=O)OCCCCCCCCCCCCCCCCCCCCCCCCCCCCCCCCCCCCCC. The molecule has 0 unspecified atom stereocenters. The number of ether oxygens (including phenoxy) is 1. The average molecular weight is 872 g/mol. The van der Waals surface area contributed by atoms with Crippen molar-refractivity contribution in [3.63, 3.8) is 0 Å². The van der Waals surface area contributed by atoms with E-state index in [0.29, 0.717) is 13.0 Å². The third-order valence-corrected chi connectivity index (χ3v) is 13.9. The Morgan fingerprint density at radius 1 is 0.258 bits per heavy atom. The Kier molecular flexibility index (Phi) is 57.5. The van der Waals surface area contributed by atoms with Crippen LogP contribution in [-0.4, -0.2) is 12.6 Å². The Morgan fingerprint density at radius 2 is 0.452 bits per heavy atom. The van der Waals surface area contributed by atoms with E-state index in [1.54, 1.807) is 0 Å². The van der Waals surface area contributed by atoms with Crippen molar-refractivity contribution in [2.24, 2.45) is 0 Å². The van der Waals surface area contributed by atoms with Crippen molar-refractivity contribution in [1.82, 2.24) is 0 Å². The summed E-state index contributed by atoms with van der Waals surface area (Å²) in [7, 11) is 0. The van der Waals surface area contributed by atoms with Crippen molar-refractivity contribution in [2.75, 3.05) is 6.61 Å². The van der Waals surface area contributed by atoms with E-state index in [0.717, 1.165) is 12.8 Å². The standard InChI is InChI=1S/C60H118O2/c1-3-5-7-9-11-13-15-17-19-21-23-24-25-26-27-28-29-30-31-32-33-34-35-36-37-38-39-41-43-45-47-49-51-53-55-57-59-62-60(61)58-56-54-52-50-48-46-44-42-40-22-20-18-16-14-12-10-8-6-4-2/h18,20H,3-17,19,21-59H2,1-2H3. The van der Waals surface area contributed by atoms with Gasteiger partial charge in [-0.1, -0.05) is 328 Å². The van der Waals surface area contributed by atoms with Crippen molar-refractivity contribution in [3.05, 3.63) is 12.2 Å². The molecule has 0 heterocycles. The first-order valence-corrected chi connectivity index (χ1v) is 29.6. The minimum absolute atomic E-state index is 0.0299. The Labute approximate surface area is 393 Å². The second-order valence-electron chi connectivity index (χ2n) is 20.3. The van der Waals surface area contributed by atoms with Crippen LogP contribution in [0.1, 0.15) is 361 Å². The van der Waals surface area contributed by atoms with Crippen molar-refractivity contribution in [3.8, 4) is 0 Å². The van der Waals surface area contributed by atoms with Gasteiger partial charge in [-0.05, 0) is 38.5 Å². The number of esters is 1. The lowest BCUT2D eigenvalue weighted by atomic mass is 10.0. The van der Waals surface area contributed by atoms with Gasteiger partial charge in [-0.2, -0.15) is 0 Å². The first-order chi connectivity index (χ1) is 30.8. The zero-order valence-electron chi connectivity index (χ0n) is 43.4. The molecule has 0 saturated carbocycles. The molecule has 2 heteroatoms. The smallest absolute Gasteiger partial charge is 0.305 e. The molecule has 370 valence electrons. The second kappa shape index (κ2) is 58.2. The van der Waals surface area contributed by atoms with Gasteiger partial charge in [-0.25, -0.2) is 0 Å². The van der Waals surface area contributed by atoms with E-state index in [2.05, 4.69) is 26.0 Å². The highest BCUT2D eigenvalue weighted by atomic mass is 16.5. The summed E-state index contributed by atoms with van der Waals surface area (Å²) in [6, 6.07) is 0. The van der Waals surface area contributed by atoms with E-state index >= 15 is 0 Å². The molecule has 0 aliphatic rings. The molecular formula is C60H118O2. The van der Waals surface area contributed by atoms with Crippen LogP contribution in [0.5, 0.6) is 0 Å². The third kappa shape index (κ3) is 57.2. The summed E-state index contributed by atoms with van der Waals surface area (Å²) >= 11 is 0. The predicted octanol–water partition coefficient (Wildman–Crippen LogP) is 22.2. The van der Waals surface area contributed by atoms with E-state index in [1.807, 2.05) is 0 Å². The number of rotatable bonds is 56. The highest BCUT2D eigenvalue weighted by Crippen LogP contribution is 2.18. The van der Waals surface area contributed by atoms with Crippen molar-refractivity contribution < 1.29 is 9.53 Å². The Bertz CT molecular complexity index is 818. The molecule has 0 fully saturated rings. The quantitative estimate of drug-likeness (QED) is 0.0346. The lowest BCUT2D eigenvalue weighted by Gasteiger charge is -2.06. The first kappa shape index (κ1) is 61.2. The molecule has 0 saturated heterocycles. The summed E-state index contributed by atoms with van der Waals surface area (Å²) in [5, 5.41) is 0. The van der Waals surface area contributed by atoms with Crippen LogP contribution in [0.2, 0.25) is 0 Å². The maximum Gasteiger partial charge on any atom is 0.305 e. The normalized spacial score (nSPS) is 11.7. The van der Waals surface area contributed by atoms with E-state index in [1.165, 1.54) is 327 Å². The predicted molar refractivity (Wildman–Crippen MR) is 281 cm³/mol. The van der Waals surface area contributed by atoms with Crippen LogP contribution in [0.15, 0.2) is 12.2 Å². The molecule has 0 N–H and O–H groups in total. The summed E-state index contributed by atoms with van der Waals surface area (Å²) in [5.74, 6) is 0.0299. The van der Waals surface area contributed by atoms with Gasteiger partial charge in [-0.3, -0.25) is 4.79 Å². The first-order valence-electron chi connectivity index (χ1n) is 29.6. The molecular weight excluding hydrogens is 753 g/mol. The highest BCUT2D eigenvalue weighted by molar-refractivity contribution is 5.69. The Hall–Kier alpha value is -0.790. The van der Waals surface area contributed by atoms with E-state index in [-0.39, 0.29) is 5.97 Å². The topological polar surface area (TPSA) is 26.3 Å². The summed E-state index contributed by atoms with van der Waals surface area (Å²) in [4.78, 5) is 12.1. The molecule has 0 aromatic carbocycles. The number of hydrogen-bond donors (Lipinski definition) is 0. The van der Waals surface area contributed by atoms with Crippen molar-refractivity contribution >= 4 is 5.97 Å². The fraction of sp³-hybridized carbons (Fsp3) is 0.950. The molecule has 0 amide bonds. The van der Waals surface area contributed by atoms with Gasteiger partial charge >= 0.3 is 5.97 Å². The fourth-order valence-corrected chi connectivity index (χ4v) is 9.49. The van der Waals surface area contributed by atoms with Crippen LogP contribution in [0.3, 0.4) is 0 Å². The number of allylic oxidation sites excluding steroid dienone is 2. The molecule has 0 radical (unpaired) electrons.